The minimum absolute atomic E-state index is 0.561. The van der Waals surface area contributed by atoms with E-state index in [4.69, 9.17) is 18.8 Å². The molecule has 0 radical (unpaired) electrons. The third-order valence-corrected chi connectivity index (χ3v) is 9.12. The summed E-state index contributed by atoms with van der Waals surface area (Å²) in [4.78, 5) is 12.0. The van der Waals surface area contributed by atoms with Crippen LogP contribution >= 0.6 is 0 Å². The number of hydrogen-bond acceptors (Lipinski definition) is 5. The summed E-state index contributed by atoms with van der Waals surface area (Å²) >= 11 is 0. The first-order valence-corrected chi connectivity index (χ1v) is 15.7. The van der Waals surface area contributed by atoms with Crippen LogP contribution in [0.4, 0.5) is 17.2 Å². The molecule has 5 nitrogen and oxygen atoms in total. The van der Waals surface area contributed by atoms with Crippen LogP contribution in [0.5, 0.6) is 0 Å². The highest BCUT2D eigenvalue weighted by Gasteiger charge is 2.20. The normalized spacial score (nSPS) is 11.8. The molecule has 0 N–H and O–H groups in total. The summed E-state index contributed by atoms with van der Waals surface area (Å²) in [5.41, 5.74) is 5.97. The van der Waals surface area contributed by atoms with Gasteiger partial charge >= 0.3 is 0 Å². The average molecular weight is 604 g/mol. The highest BCUT2D eigenvalue weighted by atomic mass is 16.3. The molecule has 0 amide bonds. The Morgan fingerprint density at radius 2 is 1.21 bits per heavy atom. The minimum Gasteiger partial charge on any atom is -0.456 e. The van der Waals surface area contributed by atoms with Gasteiger partial charge in [0.1, 0.15) is 22.5 Å². The fourth-order valence-electron chi connectivity index (χ4n) is 6.93. The molecule has 0 aliphatic heterocycles. The molecule has 0 atom stereocenters. The summed E-state index contributed by atoms with van der Waals surface area (Å²) in [6, 6.07) is 50.3. The van der Waals surface area contributed by atoms with Crippen molar-refractivity contribution in [3.8, 4) is 11.5 Å². The van der Waals surface area contributed by atoms with Gasteiger partial charge in [-0.3, -0.25) is 4.90 Å². The largest absolute Gasteiger partial charge is 0.456 e. The number of furan rings is 1. The first-order chi connectivity index (χ1) is 23.3. The minimum atomic E-state index is 0.561. The van der Waals surface area contributed by atoms with E-state index >= 15 is 0 Å². The SMILES string of the molecule is c1ccc(N(c2ccc3ccc4c5ccccc5ccc4c3c2)c2cc3oc4cccc(-c5nc6ccccc6o5)c4c3cn2)cc1. The molecule has 0 spiro atoms. The van der Waals surface area contributed by atoms with Gasteiger partial charge in [-0.25, -0.2) is 9.97 Å². The van der Waals surface area contributed by atoms with Gasteiger partial charge in [0.05, 0.1) is 0 Å². The molecule has 0 saturated heterocycles. The van der Waals surface area contributed by atoms with Gasteiger partial charge in [-0.05, 0) is 80.8 Å². The molecule has 220 valence electrons. The van der Waals surface area contributed by atoms with E-state index in [9.17, 15) is 0 Å². The molecule has 3 aromatic heterocycles. The van der Waals surface area contributed by atoms with Crippen molar-refractivity contribution < 1.29 is 8.83 Å². The number of oxazole rings is 1. The number of anilines is 3. The van der Waals surface area contributed by atoms with E-state index in [2.05, 4.69) is 95.9 Å². The Labute approximate surface area is 268 Å². The number of nitrogens with zero attached hydrogens (tertiary/aromatic N) is 3. The highest BCUT2D eigenvalue weighted by Crippen LogP contribution is 2.41. The fraction of sp³-hybridized carbons (Fsp3) is 0. The van der Waals surface area contributed by atoms with Gasteiger partial charge in [0.25, 0.3) is 0 Å². The standard InChI is InChI=1S/C42H25N3O2/c1-2-10-28(11-3-1)45(29-20-17-27-19-21-31-30-12-5-4-9-26(30)18-22-32(31)34(27)23-29)40-24-39-35(25-43-40)41-33(13-8-16-38(41)46-39)42-44-36-14-6-7-15-37(36)47-42/h1-25H. The monoisotopic (exact) mass is 603 g/mol. The Morgan fingerprint density at radius 1 is 0.468 bits per heavy atom. The van der Waals surface area contributed by atoms with Gasteiger partial charge in [0.2, 0.25) is 5.89 Å². The molecule has 10 aromatic rings. The maximum Gasteiger partial charge on any atom is 0.228 e. The summed E-state index contributed by atoms with van der Waals surface area (Å²) in [5.74, 6) is 1.32. The third-order valence-electron chi connectivity index (χ3n) is 9.12. The van der Waals surface area contributed by atoms with Gasteiger partial charge < -0.3 is 8.83 Å². The maximum atomic E-state index is 6.48. The highest BCUT2D eigenvalue weighted by molar-refractivity contribution is 6.18. The summed E-state index contributed by atoms with van der Waals surface area (Å²) in [6.07, 6.45) is 1.90. The van der Waals surface area contributed by atoms with E-state index in [1.165, 1.54) is 32.3 Å². The lowest BCUT2D eigenvalue weighted by Gasteiger charge is -2.24. The van der Waals surface area contributed by atoms with Gasteiger partial charge in [0.15, 0.2) is 5.58 Å². The quantitative estimate of drug-likeness (QED) is 0.187. The number of fused-ring (bicyclic) bond motifs is 9. The molecule has 5 heteroatoms. The lowest BCUT2D eigenvalue weighted by Crippen LogP contribution is -2.11. The van der Waals surface area contributed by atoms with Crippen LogP contribution in [0.2, 0.25) is 0 Å². The second kappa shape index (κ2) is 10.0. The second-order valence-corrected chi connectivity index (χ2v) is 11.8. The van der Waals surface area contributed by atoms with Gasteiger partial charge in [-0.15, -0.1) is 0 Å². The first-order valence-electron chi connectivity index (χ1n) is 15.7. The van der Waals surface area contributed by atoms with Crippen LogP contribution in [0.25, 0.3) is 76.8 Å². The number of aromatic nitrogens is 2. The predicted octanol–water partition coefficient (Wildman–Crippen LogP) is 11.7. The summed E-state index contributed by atoms with van der Waals surface area (Å²) < 4.78 is 12.6. The molecule has 3 heterocycles. The van der Waals surface area contributed by atoms with E-state index in [0.29, 0.717) is 5.89 Å². The van der Waals surface area contributed by atoms with E-state index in [1.807, 2.05) is 60.8 Å². The van der Waals surface area contributed by atoms with Crippen LogP contribution in [-0.2, 0) is 0 Å². The van der Waals surface area contributed by atoms with Crippen LogP contribution < -0.4 is 4.90 Å². The molecule has 7 aromatic carbocycles. The van der Waals surface area contributed by atoms with E-state index in [0.717, 1.165) is 55.8 Å². The first kappa shape index (κ1) is 25.8. The van der Waals surface area contributed by atoms with E-state index in [1.54, 1.807) is 0 Å². The topological polar surface area (TPSA) is 55.3 Å². The van der Waals surface area contributed by atoms with Crippen LogP contribution in [-0.4, -0.2) is 9.97 Å². The molecule has 0 bridgehead atoms. The van der Waals surface area contributed by atoms with E-state index < -0.39 is 0 Å². The van der Waals surface area contributed by atoms with Crippen molar-refractivity contribution in [2.75, 3.05) is 4.90 Å². The summed E-state index contributed by atoms with van der Waals surface area (Å²) in [6.45, 7) is 0. The van der Waals surface area contributed by atoms with Crippen molar-refractivity contribution in [1.29, 1.82) is 0 Å². The van der Waals surface area contributed by atoms with Crippen LogP contribution in [0, 0.1) is 0 Å². The van der Waals surface area contributed by atoms with Crippen molar-refractivity contribution in [3.05, 3.63) is 152 Å². The molecule has 0 unspecified atom stereocenters. The molecule has 0 fully saturated rings. The van der Waals surface area contributed by atoms with Gasteiger partial charge in [-0.2, -0.15) is 0 Å². The lowest BCUT2D eigenvalue weighted by atomic mass is 9.96. The van der Waals surface area contributed by atoms with Crippen LogP contribution in [0.15, 0.2) is 161 Å². The molecular formula is C42H25N3O2. The fourth-order valence-corrected chi connectivity index (χ4v) is 6.93. The number of hydrogen-bond donors (Lipinski definition) is 0. The van der Waals surface area contributed by atoms with Crippen molar-refractivity contribution in [1.82, 2.24) is 9.97 Å². The number of para-hydroxylation sites is 3. The number of benzene rings is 7. The molecule has 0 saturated carbocycles. The van der Waals surface area contributed by atoms with Crippen LogP contribution in [0.3, 0.4) is 0 Å². The smallest absolute Gasteiger partial charge is 0.228 e. The second-order valence-electron chi connectivity index (χ2n) is 11.8. The zero-order valence-electron chi connectivity index (χ0n) is 25.1. The molecule has 10 rings (SSSR count). The van der Waals surface area contributed by atoms with E-state index in [-0.39, 0.29) is 0 Å². The van der Waals surface area contributed by atoms with Crippen molar-refractivity contribution in [2.24, 2.45) is 0 Å². The molecule has 0 aliphatic carbocycles. The van der Waals surface area contributed by atoms with Crippen molar-refractivity contribution in [2.45, 2.75) is 0 Å². The summed E-state index contributed by atoms with van der Waals surface area (Å²) in [5, 5.41) is 9.20. The Balaban J connectivity index is 1.16. The Morgan fingerprint density at radius 3 is 2.11 bits per heavy atom. The maximum absolute atomic E-state index is 6.48. The van der Waals surface area contributed by atoms with Gasteiger partial charge in [0, 0.05) is 40.0 Å². The van der Waals surface area contributed by atoms with Crippen molar-refractivity contribution >= 4 is 82.5 Å². The zero-order chi connectivity index (χ0) is 30.9. The zero-order valence-corrected chi connectivity index (χ0v) is 25.1. The predicted molar refractivity (Wildman–Crippen MR) is 192 cm³/mol. The van der Waals surface area contributed by atoms with Crippen LogP contribution in [0.1, 0.15) is 0 Å². The number of pyridine rings is 1. The Kier molecular flexibility index (Phi) is 5.51. The lowest BCUT2D eigenvalue weighted by molar-refractivity contribution is 0.620. The third kappa shape index (κ3) is 4.03. The van der Waals surface area contributed by atoms with Gasteiger partial charge in [-0.1, -0.05) is 91.0 Å². The molecule has 47 heavy (non-hydrogen) atoms. The number of rotatable bonds is 4. The molecular weight excluding hydrogens is 578 g/mol. The molecule has 0 aliphatic rings. The summed E-state index contributed by atoms with van der Waals surface area (Å²) in [7, 11) is 0. The Hall–Kier alpha value is -6.46. The average Bonchev–Trinajstić information content (AvgIpc) is 3.73. The Bertz CT molecular complexity index is 2780. The van der Waals surface area contributed by atoms with Crippen molar-refractivity contribution in [3.63, 3.8) is 0 Å².